The number of fused-ring (bicyclic) bond motifs is 1. The van der Waals surface area contributed by atoms with Gasteiger partial charge in [0.05, 0.1) is 22.3 Å². The van der Waals surface area contributed by atoms with Gasteiger partial charge >= 0.3 is 6.18 Å². The van der Waals surface area contributed by atoms with Crippen LogP contribution in [0.2, 0.25) is 0 Å². The van der Waals surface area contributed by atoms with E-state index in [9.17, 15) is 34.4 Å². The van der Waals surface area contributed by atoms with Gasteiger partial charge in [-0.2, -0.15) is 30.7 Å². The molecule has 0 saturated carbocycles. The number of sulfone groups is 1. The normalized spacial score (nSPS) is 14.2. The number of thiazole rings is 1. The fraction of sp³-hybridized carbons (Fsp3) is 0.167. The number of halogens is 4. The van der Waals surface area contributed by atoms with Gasteiger partial charge in [0.2, 0.25) is 22.5 Å². The Kier molecular flexibility index (Phi) is 7.38. The Hall–Kier alpha value is -3.84. The number of hydrogen-bond donors (Lipinski definition) is 2. The van der Waals surface area contributed by atoms with E-state index < -0.39 is 54.9 Å². The fourth-order valence-electron chi connectivity index (χ4n) is 4.19. The molecule has 18 heteroatoms. The molecule has 3 aromatic heterocycles. The van der Waals surface area contributed by atoms with Crippen molar-refractivity contribution in [2.45, 2.75) is 17.5 Å². The van der Waals surface area contributed by atoms with E-state index >= 15 is 0 Å². The van der Waals surface area contributed by atoms with E-state index in [1.807, 2.05) is 4.72 Å². The van der Waals surface area contributed by atoms with Gasteiger partial charge in [0.1, 0.15) is 5.01 Å². The highest BCUT2D eigenvalue weighted by Gasteiger charge is 2.54. The molecule has 0 spiro atoms. The minimum absolute atomic E-state index is 0.135. The van der Waals surface area contributed by atoms with Gasteiger partial charge in [0, 0.05) is 18.0 Å². The summed E-state index contributed by atoms with van der Waals surface area (Å²) >= 11 is 0.903. The van der Waals surface area contributed by atoms with Crippen LogP contribution in [0.25, 0.3) is 21.3 Å². The number of benzene rings is 2. The van der Waals surface area contributed by atoms with Crippen molar-refractivity contribution in [1.29, 1.82) is 0 Å². The van der Waals surface area contributed by atoms with Crippen molar-refractivity contribution in [3.8, 4) is 11.1 Å². The van der Waals surface area contributed by atoms with Crippen LogP contribution < -0.4 is 9.86 Å². The van der Waals surface area contributed by atoms with Crippen molar-refractivity contribution in [2.24, 2.45) is 5.14 Å². The molecule has 3 N–H and O–H groups in total. The van der Waals surface area contributed by atoms with Gasteiger partial charge in [0.15, 0.2) is 9.84 Å². The first-order chi connectivity index (χ1) is 19.6. The predicted molar refractivity (Wildman–Crippen MR) is 143 cm³/mol. The molecule has 0 aliphatic carbocycles. The second-order valence-corrected chi connectivity index (χ2v) is 13.5. The number of rotatable bonds is 8. The highest BCUT2D eigenvalue weighted by atomic mass is 32.2. The van der Waals surface area contributed by atoms with E-state index in [1.54, 1.807) is 18.2 Å². The van der Waals surface area contributed by atoms with E-state index in [0.29, 0.717) is 33.5 Å². The molecule has 0 aliphatic rings. The monoisotopic (exact) mass is 642 g/mol. The molecule has 5 rings (SSSR count). The van der Waals surface area contributed by atoms with Gasteiger partial charge in [-0.1, -0.05) is 18.2 Å². The molecule has 5 aromatic rings. The Bertz CT molecular complexity index is 1990. The molecule has 0 amide bonds. The smallest absolute Gasteiger partial charge is 0.416 e. The molecular weight excluding hydrogens is 624 g/mol. The molecule has 0 bridgehead atoms. The van der Waals surface area contributed by atoms with Crippen molar-refractivity contribution < 1.29 is 38.8 Å². The lowest BCUT2D eigenvalue weighted by molar-refractivity contribution is -0.137. The topological polar surface area (TPSA) is 171 Å². The molecule has 11 nitrogen and oxygen atoms in total. The highest BCUT2D eigenvalue weighted by Crippen LogP contribution is 2.47. The van der Waals surface area contributed by atoms with Gasteiger partial charge < -0.3 is 4.42 Å². The molecule has 3 heterocycles. The molecule has 0 aliphatic heterocycles. The SMILES string of the molecule is CS(=O)(=O)C(c1ccc(C(F)(F)F)cc1)(c1nnc(CNS(N)(=O)=O)o1)c1nc2ccc(-c3ccc(F)nc3)cc2s1. The number of aromatic nitrogens is 4. The molecule has 0 radical (unpaired) electrons. The Labute approximate surface area is 239 Å². The van der Waals surface area contributed by atoms with Crippen LogP contribution in [-0.2, 0) is 37.5 Å². The summed E-state index contributed by atoms with van der Waals surface area (Å²) in [4.78, 5) is 8.13. The molecular formula is C24H18F4N6O5S3. The Morgan fingerprint density at radius 2 is 1.62 bits per heavy atom. The second kappa shape index (κ2) is 10.5. The first-order valence-electron chi connectivity index (χ1n) is 11.6. The Morgan fingerprint density at radius 1 is 0.952 bits per heavy atom. The quantitative estimate of drug-likeness (QED) is 0.190. The van der Waals surface area contributed by atoms with E-state index in [2.05, 4.69) is 20.2 Å². The first kappa shape index (κ1) is 29.6. The average molecular weight is 643 g/mol. The van der Waals surface area contributed by atoms with Crippen molar-refractivity contribution in [3.63, 3.8) is 0 Å². The lowest BCUT2D eigenvalue weighted by Crippen LogP contribution is -2.38. The van der Waals surface area contributed by atoms with E-state index in [0.717, 1.165) is 29.7 Å². The zero-order chi connectivity index (χ0) is 30.5. The molecule has 220 valence electrons. The van der Waals surface area contributed by atoms with Crippen LogP contribution in [0.1, 0.15) is 27.9 Å². The van der Waals surface area contributed by atoms with Crippen LogP contribution in [0.15, 0.2) is 65.2 Å². The fourth-order valence-corrected chi connectivity index (χ4v) is 7.53. The third kappa shape index (κ3) is 5.62. The molecule has 42 heavy (non-hydrogen) atoms. The maximum atomic E-state index is 13.7. The van der Waals surface area contributed by atoms with Crippen molar-refractivity contribution in [3.05, 3.63) is 94.7 Å². The van der Waals surface area contributed by atoms with Crippen molar-refractivity contribution >= 4 is 41.6 Å². The summed E-state index contributed by atoms with van der Waals surface area (Å²) in [5.41, 5.74) is 0.297. The van der Waals surface area contributed by atoms with Crippen LogP contribution in [0.5, 0.6) is 0 Å². The summed E-state index contributed by atoms with van der Waals surface area (Å²) in [6.07, 6.45) is -2.55. The zero-order valence-electron chi connectivity index (χ0n) is 21.1. The summed E-state index contributed by atoms with van der Waals surface area (Å²) < 4.78 is 109. The summed E-state index contributed by atoms with van der Waals surface area (Å²) in [6.45, 7) is -0.590. The maximum absolute atomic E-state index is 13.7. The largest absolute Gasteiger partial charge is 0.421 e. The number of pyridine rings is 1. The zero-order valence-corrected chi connectivity index (χ0v) is 23.6. The minimum Gasteiger partial charge on any atom is -0.421 e. The van der Waals surface area contributed by atoms with Crippen molar-refractivity contribution in [2.75, 3.05) is 6.26 Å². The number of nitrogens with one attached hydrogen (secondary N) is 1. The summed E-state index contributed by atoms with van der Waals surface area (Å²) in [6, 6.07) is 11.0. The number of alkyl halides is 3. The van der Waals surface area contributed by atoms with Gasteiger partial charge in [-0.05, 0) is 47.5 Å². The van der Waals surface area contributed by atoms with E-state index in [1.165, 1.54) is 18.3 Å². The number of nitrogens with zero attached hydrogens (tertiary/aromatic N) is 4. The van der Waals surface area contributed by atoms with Gasteiger partial charge in [-0.25, -0.2) is 23.5 Å². The van der Waals surface area contributed by atoms with Gasteiger partial charge in [-0.15, -0.1) is 21.5 Å². The number of hydrogen-bond acceptors (Lipinski definition) is 10. The lowest BCUT2D eigenvalue weighted by atomic mass is 9.97. The van der Waals surface area contributed by atoms with E-state index in [4.69, 9.17) is 9.56 Å². The Morgan fingerprint density at radius 3 is 2.21 bits per heavy atom. The molecule has 2 aromatic carbocycles. The lowest BCUT2D eigenvalue weighted by Gasteiger charge is -2.27. The highest BCUT2D eigenvalue weighted by molar-refractivity contribution is 7.92. The van der Waals surface area contributed by atoms with Crippen LogP contribution in [-0.4, -0.2) is 43.3 Å². The van der Waals surface area contributed by atoms with Gasteiger partial charge in [-0.3, -0.25) is 0 Å². The first-order valence-corrected chi connectivity index (χ1v) is 15.8. The third-order valence-corrected chi connectivity index (χ3v) is 9.65. The van der Waals surface area contributed by atoms with Crippen LogP contribution in [0.3, 0.4) is 0 Å². The minimum atomic E-state index is -4.70. The van der Waals surface area contributed by atoms with Crippen LogP contribution >= 0.6 is 11.3 Å². The summed E-state index contributed by atoms with van der Waals surface area (Å²) in [7, 11) is -8.61. The summed E-state index contributed by atoms with van der Waals surface area (Å²) in [5, 5.41) is 12.4. The van der Waals surface area contributed by atoms with Crippen molar-refractivity contribution in [1.82, 2.24) is 24.9 Å². The Balaban J connectivity index is 1.74. The predicted octanol–water partition coefficient (Wildman–Crippen LogP) is 3.53. The number of nitrogens with two attached hydrogens (primary N) is 1. The second-order valence-electron chi connectivity index (χ2n) is 8.97. The molecule has 1 unspecified atom stereocenters. The summed E-state index contributed by atoms with van der Waals surface area (Å²) in [5.74, 6) is -1.63. The molecule has 1 atom stereocenters. The van der Waals surface area contributed by atoms with Gasteiger partial charge in [0.25, 0.3) is 10.2 Å². The molecule has 0 saturated heterocycles. The molecule has 0 fully saturated rings. The van der Waals surface area contributed by atoms with Crippen LogP contribution in [0, 0.1) is 5.95 Å². The standard InChI is InChI=1S/C24H18F4N6O5S3/c1-41(35,36)23(15-4-6-16(7-5-15)24(26,27)28,21-34-33-20(39-21)12-31-42(29,37)38)22-32-17-8-2-13(10-18(17)40-22)14-3-9-19(25)30-11-14/h2-11,31H,12H2,1H3,(H2,29,37,38). The van der Waals surface area contributed by atoms with E-state index in [-0.39, 0.29) is 16.5 Å². The third-order valence-electron chi connectivity index (χ3n) is 6.12. The average Bonchev–Trinajstić information content (AvgIpc) is 3.54. The maximum Gasteiger partial charge on any atom is 0.416 e. The van der Waals surface area contributed by atoms with Crippen LogP contribution in [0.4, 0.5) is 17.6 Å².